The van der Waals surface area contributed by atoms with Gasteiger partial charge in [-0.15, -0.1) is 0 Å². The molecule has 3 nitrogen and oxygen atoms in total. The number of hydrogen-bond donors (Lipinski definition) is 1. The maximum Gasteiger partial charge on any atom is 0.416 e. The van der Waals surface area contributed by atoms with E-state index in [1.165, 1.54) is 25.0 Å². The van der Waals surface area contributed by atoms with Crippen LogP contribution in [0.25, 0.3) is 0 Å². The first-order chi connectivity index (χ1) is 12.8. The van der Waals surface area contributed by atoms with Crippen LogP contribution in [0.4, 0.5) is 13.2 Å². The van der Waals surface area contributed by atoms with Crippen LogP contribution < -0.4 is 5.32 Å². The third-order valence-electron chi connectivity index (χ3n) is 7.27. The van der Waals surface area contributed by atoms with Crippen molar-refractivity contribution in [1.82, 2.24) is 15.1 Å². The Balaban J connectivity index is 1.60. The second kappa shape index (κ2) is 7.11. The highest BCUT2D eigenvalue weighted by Crippen LogP contribution is 2.46. The molecular formula is C21H32F3N3. The maximum atomic E-state index is 13.4. The van der Waals surface area contributed by atoms with E-state index in [-0.39, 0.29) is 11.0 Å². The van der Waals surface area contributed by atoms with Gasteiger partial charge in [0, 0.05) is 36.3 Å². The zero-order chi connectivity index (χ0) is 19.1. The third-order valence-corrected chi connectivity index (χ3v) is 7.27. The lowest BCUT2D eigenvalue weighted by atomic mass is 9.75. The minimum atomic E-state index is -4.25. The van der Waals surface area contributed by atoms with Gasteiger partial charge in [-0.1, -0.05) is 13.0 Å². The van der Waals surface area contributed by atoms with Crippen LogP contribution in [0.15, 0.2) is 23.4 Å². The first-order valence-electron chi connectivity index (χ1n) is 10.5. The maximum absolute atomic E-state index is 13.4. The van der Waals surface area contributed by atoms with Crippen molar-refractivity contribution in [3.8, 4) is 0 Å². The van der Waals surface area contributed by atoms with Crippen molar-refractivity contribution in [2.75, 3.05) is 39.3 Å². The SMILES string of the molecule is CC1(CN2CCCC23CCNCC3)CC=C(C(F)(F)F)C=C1N1CCCC1. The van der Waals surface area contributed by atoms with Crippen LogP contribution in [0.1, 0.15) is 51.9 Å². The molecule has 0 aromatic rings. The van der Waals surface area contributed by atoms with Crippen molar-refractivity contribution in [2.45, 2.75) is 63.6 Å². The van der Waals surface area contributed by atoms with Crippen molar-refractivity contribution >= 4 is 0 Å². The van der Waals surface area contributed by atoms with Gasteiger partial charge in [0.05, 0.1) is 5.57 Å². The number of rotatable bonds is 3. The summed E-state index contributed by atoms with van der Waals surface area (Å²) in [5, 5.41) is 3.46. The van der Waals surface area contributed by atoms with Crippen molar-refractivity contribution in [1.29, 1.82) is 0 Å². The molecule has 3 heterocycles. The molecule has 0 aromatic heterocycles. The number of alkyl halides is 3. The van der Waals surface area contributed by atoms with Gasteiger partial charge in [-0.2, -0.15) is 13.2 Å². The van der Waals surface area contributed by atoms with Crippen molar-refractivity contribution in [3.05, 3.63) is 23.4 Å². The van der Waals surface area contributed by atoms with E-state index in [2.05, 4.69) is 22.0 Å². The van der Waals surface area contributed by atoms with Crippen molar-refractivity contribution < 1.29 is 13.2 Å². The standard InChI is InChI=1S/C21H32F3N3/c1-19(16-27-14-4-6-20(27)8-10-25-11-9-20)7-5-17(21(22,23)24)15-18(19)26-12-2-3-13-26/h5,15,25H,2-4,6-14,16H2,1H3. The Kier molecular flexibility index (Phi) is 5.08. The summed E-state index contributed by atoms with van der Waals surface area (Å²) in [6.07, 6.45) is 6.05. The number of halogens is 3. The van der Waals surface area contributed by atoms with Gasteiger partial charge in [0.15, 0.2) is 0 Å². The van der Waals surface area contributed by atoms with Gasteiger partial charge in [-0.3, -0.25) is 4.90 Å². The number of likely N-dealkylation sites (tertiary alicyclic amines) is 2. The van der Waals surface area contributed by atoms with E-state index in [9.17, 15) is 13.2 Å². The van der Waals surface area contributed by atoms with Gasteiger partial charge >= 0.3 is 6.18 Å². The first-order valence-corrected chi connectivity index (χ1v) is 10.5. The number of hydrogen-bond acceptors (Lipinski definition) is 3. The second-order valence-corrected chi connectivity index (χ2v) is 9.15. The molecule has 0 saturated carbocycles. The van der Waals surface area contributed by atoms with Crippen LogP contribution in [0.3, 0.4) is 0 Å². The molecule has 1 unspecified atom stereocenters. The fraction of sp³-hybridized carbons (Fsp3) is 0.810. The Labute approximate surface area is 160 Å². The third kappa shape index (κ3) is 3.67. The average Bonchev–Trinajstić information content (AvgIpc) is 3.26. The molecule has 4 rings (SSSR count). The molecule has 152 valence electrons. The smallest absolute Gasteiger partial charge is 0.374 e. The fourth-order valence-corrected chi connectivity index (χ4v) is 5.72. The Morgan fingerprint density at radius 3 is 2.41 bits per heavy atom. The van der Waals surface area contributed by atoms with E-state index < -0.39 is 11.7 Å². The lowest BCUT2D eigenvalue weighted by Gasteiger charge is -2.48. The molecule has 0 aromatic carbocycles. The summed E-state index contributed by atoms with van der Waals surface area (Å²) in [4.78, 5) is 4.86. The molecule has 0 radical (unpaired) electrons. The summed E-state index contributed by atoms with van der Waals surface area (Å²) in [5.41, 5.74) is 0.491. The average molecular weight is 384 g/mol. The van der Waals surface area contributed by atoms with E-state index in [0.717, 1.165) is 70.6 Å². The van der Waals surface area contributed by atoms with E-state index in [1.54, 1.807) is 0 Å². The molecule has 1 aliphatic carbocycles. The monoisotopic (exact) mass is 383 g/mol. The lowest BCUT2D eigenvalue weighted by molar-refractivity contribution is -0.0894. The molecule has 1 atom stereocenters. The predicted molar refractivity (Wildman–Crippen MR) is 101 cm³/mol. The van der Waals surface area contributed by atoms with Crippen LogP contribution in [0, 0.1) is 5.41 Å². The molecular weight excluding hydrogens is 351 g/mol. The minimum absolute atomic E-state index is 0.235. The summed E-state index contributed by atoms with van der Waals surface area (Å²) >= 11 is 0. The van der Waals surface area contributed by atoms with Crippen LogP contribution in [-0.4, -0.2) is 60.8 Å². The fourth-order valence-electron chi connectivity index (χ4n) is 5.72. The summed E-state index contributed by atoms with van der Waals surface area (Å²) in [5.74, 6) is 0. The molecule has 3 fully saturated rings. The predicted octanol–water partition coefficient (Wildman–Crippen LogP) is 4.08. The highest BCUT2D eigenvalue weighted by molar-refractivity contribution is 5.36. The Morgan fingerprint density at radius 1 is 1.04 bits per heavy atom. The number of nitrogens with zero attached hydrogens (tertiary/aromatic N) is 2. The number of allylic oxidation sites excluding steroid dienone is 3. The van der Waals surface area contributed by atoms with Crippen molar-refractivity contribution in [2.24, 2.45) is 5.41 Å². The van der Waals surface area contributed by atoms with Crippen LogP contribution in [-0.2, 0) is 0 Å². The molecule has 1 N–H and O–H groups in total. The summed E-state index contributed by atoms with van der Waals surface area (Å²) < 4.78 is 40.2. The normalized spacial score (nSPS) is 32.1. The van der Waals surface area contributed by atoms with Crippen LogP contribution >= 0.6 is 0 Å². The summed E-state index contributed by atoms with van der Waals surface area (Å²) in [6, 6.07) is 0. The number of piperidine rings is 1. The molecule has 1 spiro atoms. The van der Waals surface area contributed by atoms with Crippen LogP contribution in [0.2, 0.25) is 0 Å². The molecule has 0 amide bonds. The topological polar surface area (TPSA) is 18.5 Å². The number of nitrogens with one attached hydrogen (secondary N) is 1. The Morgan fingerprint density at radius 2 is 1.74 bits per heavy atom. The summed E-state index contributed by atoms with van der Waals surface area (Å²) in [6.45, 7) is 8.03. The Bertz CT molecular complexity index is 613. The minimum Gasteiger partial charge on any atom is -0.374 e. The van der Waals surface area contributed by atoms with E-state index in [0.29, 0.717) is 6.42 Å². The van der Waals surface area contributed by atoms with Crippen molar-refractivity contribution in [3.63, 3.8) is 0 Å². The van der Waals surface area contributed by atoms with E-state index in [1.807, 2.05) is 0 Å². The highest BCUT2D eigenvalue weighted by atomic mass is 19.4. The van der Waals surface area contributed by atoms with Gasteiger partial charge < -0.3 is 10.2 Å². The largest absolute Gasteiger partial charge is 0.416 e. The highest BCUT2D eigenvalue weighted by Gasteiger charge is 2.47. The zero-order valence-electron chi connectivity index (χ0n) is 16.4. The quantitative estimate of drug-likeness (QED) is 0.792. The molecule has 3 saturated heterocycles. The van der Waals surface area contributed by atoms with E-state index >= 15 is 0 Å². The second-order valence-electron chi connectivity index (χ2n) is 9.15. The summed E-state index contributed by atoms with van der Waals surface area (Å²) in [7, 11) is 0. The van der Waals surface area contributed by atoms with Crippen LogP contribution in [0.5, 0.6) is 0 Å². The first kappa shape index (κ1) is 19.3. The molecule has 3 aliphatic heterocycles. The lowest BCUT2D eigenvalue weighted by Crippen LogP contribution is -2.54. The molecule has 27 heavy (non-hydrogen) atoms. The van der Waals surface area contributed by atoms with E-state index in [4.69, 9.17) is 0 Å². The molecule has 0 bridgehead atoms. The van der Waals surface area contributed by atoms with Gasteiger partial charge in [0.2, 0.25) is 0 Å². The Hall–Kier alpha value is -1.01. The van der Waals surface area contributed by atoms with Gasteiger partial charge in [-0.05, 0) is 70.7 Å². The van der Waals surface area contributed by atoms with Gasteiger partial charge in [0.1, 0.15) is 0 Å². The molecule has 6 heteroatoms. The molecule has 4 aliphatic rings. The van der Waals surface area contributed by atoms with Gasteiger partial charge in [0.25, 0.3) is 0 Å². The van der Waals surface area contributed by atoms with Gasteiger partial charge in [-0.25, -0.2) is 0 Å². The zero-order valence-corrected chi connectivity index (χ0v) is 16.4.